The van der Waals surface area contributed by atoms with Gasteiger partial charge in [-0.15, -0.1) is 11.3 Å². The number of quaternary nitrogens is 1. The molecule has 1 aromatic carbocycles. The summed E-state index contributed by atoms with van der Waals surface area (Å²) in [7, 11) is -1.38. The topological polar surface area (TPSA) is 93.4 Å². The Kier molecular flexibility index (Phi) is 7.47. The molecular weight excluding hydrogens is 587 g/mol. The van der Waals surface area contributed by atoms with Gasteiger partial charge >= 0.3 is 22.1 Å². The van der Waals surface area contributed by atoms with E-state index in [9.17, 15) is 35.2 Å². The molecule has 1 amide bonds. The largest absolute Gasteiger partial charge is 0.416 e. The van der Waals surface area contributed by atoms with Gasteiger partial charge in [0, 0.05) is 25.2 Å². The number of rotatable bonds is 7. The number of aromatic nitrogens is 1. The molecule has 1 saturated heterocycles. The second-order valence-corrected chi connectivity index (χ2v) is 13.6. The lowest BCUT2D eigenvalue weighted by molar-refractivity contribution is -0.827. The molecule has 4 rings (SSSR count). The number of likely N-dealkylation sites (tertiary alicyclic amines) is 1. The van der Waals surface area contributed by atoms with Crippen LogP contribution in [0.5, 0.6) is 0 Å². The van der Waals surface area contributed by atoms with Crippen molar-refractivity contribution >= 4 is 44.7 Å². The van der Waals surface area contributed by atoms with Crippen molar-refractivity contribution in [2.45, 2.75) is 35.3 Å². The lowest BCUT2D eigenvalue weighted by Gasteiger charge is -2.36. The van der Waals surface area contributed by atoms with Crippen LogP contribution in [0.1, 0.15) is 17.5 Å². The highest BCUT2D eigenvalue weighted by Gasteiger charge is 2.65. The Balaban J connectivity index is 1.89. The second-order valence-electron chi connectivity index (χ2n) is 9.47. The average Bonchev–Trinajstić information content (AvgIpc) is 3.39. The Hall–Kier alpha value is -2.81. The third-order valence-electron chi connectivity index (χ3n) is 6.46. The minimum atomic E-state index is -4.64. The van der Waals surface area contributed by atoms with Gasteiger partial charge in [0.2, 0.25) is 0 Å². The fraction of sp³-hybridized carbons (Fsp3) is 0.333. The van der Waals surface area contributed by atoms with Crippen LogP contribution in [0.15, 0.2) is 52.7 Å². The van der Waals surface area contributed by atoms with Crippen molar-refractivity contribution in [1.82, 2.24) is 4.98 Å². The molecule has 1 fully saturated rings. The Morgan fingerprint density at radius 3 is 2.33 bits per heavy atom. The molecule has 0 aliphatic carbocycles. The van der Waals surface area contributed by atoms with Gasteiger partial charge in [-0.3, -0.25) is 4.79 Å². The minimum Gasteiger partial charge on any atom is -0.364 e. The molecule has 0 spiro atoms. The number of nitrogens with two attached hydrogens (primary N) is 1. The van der Waals surface area contributed by atoms with Crippen LogP contribution in [0.4, 0.5) is 27.8 Å². The third kappa shape index (κ3) is 5.60. The summed E-state index contributed by atoms with van der Waals surface area (Å²) in [5, 5.41) is 0. The van der Waals surface area contributed by atoms with Gasteiger partial charge in [0.15, 0.2) is 16.8 Å². The first-order chi connectivity index (χ1) is 17.9. The van der Waals surface area contributed by atoms with E-state index in [-0.39, 0.29) is 25.4 Å². The van der Waals surface area contributed by atoms with Crippen LogP contribution in [0.2, 0.25) is 4.34 Å². The van der Waals surface area contributed by atoms with Crippen LogP contribution in [0.25, 0.3) is 11.3 Å². The summed E-state index contributed by atoms with van der Waals surface area (Å²) in [5.41, 5.74) is 5.29. The molecule has 7 nitrogen and oxygen atoms in total. The third-order valence-corrected chi connectivity index (χ3v) is 10.5. The number of carbonyl (C=O) groups excluding carboxylic acids is 1. The zero-order valence-corrected chi connectivity index (χ0v) is 22.9. The molecule has 3 heterocycles. The Morgan fingerprint density at radius 2 is 1.82 bits per heavy atom. The Labute approximate surface area is 230 Å². The number of amides is 1. The molecule has 2 atom stereocenters. The normalized spacial score (nSPS) is 21.2. The summed E-state index contributed by atoms with van der Waals surface area (Å²) in [4.78, 5) is 18.4. The number of halogens is 6. The fourth-order valence-corrected chi connectivity index (χ4v) is 8.49. The van der Waals surface area contributed by atoms with Crippen molar-refractivity contribution in [1.29, 1.82) is 0 Å². The molecule has 2 aromatic heterocycles. The van der Waals surface area contributed by atoms with Gasteiger partial charge in [0.1, 0.15) is 12.4 Å². The molecule has 39 heavy (non-hydrogen) atoms. The summed E-state index contributed by atoms with van der Waals surface area (Å²) in [6.07, 6.45) is -5.62. The number of pyridine rings is 1. The van der Waals surface area contributed by atoms with Crippen LogP contribution in [0.3, 0.4) is 0 Å². The average molecular weight is 610 g/mol. The number of primary amides is 1. The van der Waals surface area contributed by atoms with E-state index >= 15 is 0 Å². The summed E-state index contributed by atoms with van der Waals surface area (Å²) < 4.78 is 95.2. The van der Waals surface area contributed by atoms with Crippen LogP contribution < -0.4 is 10.6 Å². The summed E-state index contributed by atoms with van der Waals surface area (Å²) in [6.45, 7) is -1.80. The van der Waals surface area contributed by atoms with E-state index in [2.05, 4.69) is 4.98 Å². The number of thiophene rings is 1. The van der Waals surface area contributed by atoms with Gasteiger partial charge in [-0.25, -0.2) is 13.8 Å². The molecule has 1 unspecified atom stereocenters. The molecule has 3 aromatic rings. The fourth-order valence-electron chi connectivity index (χ4n) is 4.65. The van der Waals surface area contributed by atoms with Crippen molar-refractivity contribution in [3.05, 3.63) is 64.0 Å². The van der Waals surface area contributed by atoms with E-state index in [0.717, 1.165) is 12.1 Å². The van der Waals surface area contributed by atoms with Crippen molar-refractivity contribution in [2.75, 3.05) is 25.5 Å². The standard InChI is InChI=1S/C24H22ClF5N4O3S2/c1-33(2)20-10-14(9-17(32-20)15-3-5-16(6-4-15)24(28,29)30)12-34(13-23(26,27)11-18(34)22(31)35)39(36,37)21-8-7-19(25)38-21/h3-10,18H,11-13H2,1-2H3,(H-,31,35)/p+1/t18-,34?/m0/s1. The molecule has 210 valence electrons. The van der Waals surface area contributed by atoms with Crippen molar-refractivity contribution in [3.63, 3.8) is 0 Å². The number of hydrogen-bond donors (Lipinski definition) is 1. The monoisotopic (exact) mass is 609 g/mol. The van der Waals surface area contributed by atoms with E-state index in [1.165, 1.54) is 36.4 Å². The van der Waals surface area contributed by atoms with E-state index in [1.54, 1.807) is 19.0 Å². The molecule has 15 heteroatoms. The summed E-state index contributed by atoms with van der Waals surface area (Å²) in [5.74, 6) is -4.44. The van der Waals surface area contributed by atoms with Crippen LogP contribution >= 0.6 is 22.9 Å². The van der Waals surface area contributed by atoms with Crippen LogP contribution in [0, 0.1) is 0 Å². The molecule has 0 saturated carbocycles. The smallest absolute Gasteiger partial charge is 0.364 e. The quantitative estimate of drug-likeness (QED) is 0.296. The van der Waals surface area contributed by atoms with Gasteiger partial charge in [-0.1, -0.05) is 23.7 Å². The van der Waals surface area contributed by atoms with Gasteiger partial charge in [-0.05, 0) is 36.4 Å². The Morgan fingerprint density at radius 1 is 1.18 bits per heavy atom. The highest BCUT2D eigenvalue weighted by atomic mass is 35.5. The number of carbonyl (C=O) groups is 1. The highest BCUT2D eigenvalue weighted by Crippen LogP contribution is 2.46. The number of benzene rings is 1. The molecule has 1 aliphatic rings. The zero-order chi connectivity index (χ0) is 29.0. The predicted molar refractivity (Wildman–Crippen MR) is 137 cm³/mol. The maximum absolute atomic E-state index is 14.9. The predicted octanol–water partition coefficient (Wildman–Crippen LogP) is 5.15. The summed E-state index contributed by atoms with van der Waals surface area (Å²) >= 11 is 6.61. The Bertz CT molecular complexity index is 1510. The minimum absolute atomic E-state index is 0.108. The molecular formula is C24H23ClF5N4O3S2+. The first-order valence-corrected chi connectivity index (χ1v) is 14.0. The van der Waals surface area contributed by atoms with Crippen molar-refractivity contribution < 1.29 is 39.1 Å². The van der Waals surface area contributed by atoms with Crippen molar-refractivity contribution in [2.24, 2.45) is 5.73 Å². The zero-order valence-electron chi connectivity index (χ0n) is 20.5. The molecule has 0 radical (unpaired) electrons. The van der Waals surface area contributed by atoms with E-state index < -0.39 is 63.0 Å². The lowest BCUT2D eigenvalue weighted by Crippen LogP contribution is -2.59. The van der Waals surface area contributed by atoms with Crippen LogP contribution in [-0.4, -0.2) is 55.8 Å². The molecule has 0 bridgehead atoms. The first kappa shape index (κ1) is 29.2. The number of alkyl halides is 5. The highest BCUT2D eigenvalue weighted by molar-refractivity contribution is 7.88. The van der Waals surface area contributed by atoms with Crippen molar-refractivity contribution in [3.8, 4) is 11.3 Å². The van der Waals surface area contributed by atoms with E-state index in [1.807, 2.05) is 0 Å². The first-order valence-electron chi connectivity index (χ1n) is 11.4. The SMILES string of the molecule is CN(C)c1cc(C[N+]2(S(=O)(=O)c3ccc(Cl)s3)CC(F)(F)C[C@H]2C(N)=O)cc(-c2ccc(C(F)(F)F)cc2)n1. The van der Waals surface area contributed by atoms with E-state index in [4.69, 9.17) is 17.3 Å². The maximum Gasteiger partial charge on any atom is 0.416 e. The second kappa shape index (κ2) is 9.98. The number of anilines is 1. The lowest BCUT2D eigenvalue weighted by atomic mass is 10.1. The number of hydrogen-bond acceptors (Lipinski definition) is 6. The van der Waals surface area contributed by atoms with Gasteiger partial charge in [0.05, 0.1) is 22.0 Å². The maximum atomic E-state index is 14.9. The molecule has 1 aliphatic heterocycles. The molecule has 2 N–H and O–H groups in total. The van der Waals surface area contributed by atoms with Gasteiger partial charge in [0.25, 0.3) is 5.91 Å². The summed E-state index contributed by atoms with van der Waals surface area (Å²) in [6, 6.07) is 7.75. The number of sulfonamides is 1. The van der Waals surface area contributed by atoms with Gasteiger partial charge in [-0.2, -0.15) is 25.5 Å². The van der Waals surface area contributed by atoms with Crippen LogP contribution in [-0.2, 0) is 27.5 Å². The number of nitrogens with zero attached hydrogens (tertiary/aromatic N) is 3. The van der Waals surface area contributed by atoms with E-state index in [0.29, 0.717) is 17.2 Å². The van der Waals surface area contributed by atoms with Gasteiger partial charge < -0.3 is 10.6 Å².